The number of nitrogens with one attached hydrogen (secondary N) is 1. The van der Waals surface area contributed by atoms with Crippen LogP contribution in [0.5, 0.6) is 0 Å². The van der Waals surface area contributed by atoms with Crippen molar-refractivity contribution in [3.05, 3.63) is 29.3 Å². The Balaban J connectivity index is 2.19. The summed E-state index contributed by atoms with van der Waals surface area (Å²) in [4.78, 5) is 0. The highest BCUT2D eigenvalue weighted by atomic mass is 35.5. The molecule has 1 aromatic carbocycles. The molecule has 0 aliphatic heterocycles. The summed E-state index contributed by atoms with van der Waals surface area (Å²) in [5, 5.41) is 13.6. The first-order valence-corrected chi connectivity index (χ1v) is 7.01. The van der Waals surface area contributed by atoms with Gasteiger partial charge in [-0.25, -0.2) is 0 Å². The highest BCUT2D eigenvalue weighted by molar-refractivity contribution is 6.33. The van der Waals surface area contributed by atoms with Gasteiger partial charge >= 0.3 is 0 Å². The molecule has 1 aliphatic carbocycles. The molecule has 2 atom stereocenters. The minimum absolute atomic E-state index is 0.441. The van der Waals surface area contributed by atoms with Gasteiger partial charge < -0.3 is 5.32 Å². The molecule has 18 heavy (non-hydrogen) atoms. The molecule has 1 aliphatic rings. The SMILES string of the molecule is CCC1CCCC(C#N)(Nc2ccccc2Cl)C1. The lowest BCUT2D eigenvalue weighted by Gasteiger charge is -2.37. The van der Waals surface area contributed by atoms with Gasteiger partial charge in [0.15, 0.2) is 0 Å². The van der Waals surface area contributed by atoms with Crippen LogP contribution in [-0.4, -0.2) is 5.54 Å². The number of halogens is 1. The molecule has 0 bridgehead atoms. The Morgan fingerprint density at radius 3 is 2.94 bits per heavy atom. The molecule has 0 spiro atoms. The van der Waals surface area contributed by atoms with Crippen LogP contribution in [0.15, 0.2) is 24.3 Å². The summed E-state index contributed by atoms with van der Waals surface area (Å²) in [5.41, 5.74) is 0.432. The average molecular weight is 263 g/mol. The molecule has 0 amide bonds. The van der Waals surface area contributed by atoms with Gasteiger partial charge in [-0.2, -0.15) is 5.26 Å². The summed E-state index contributed by atoms with van der Waals surface area (Å²) in [5.74, 6) is 0.647. The molecule has 0 aromatic heterocycles. The monoisotopic (exact) mass is 262 g/mol. The van der Waals surface area contributed by atoms with Gasteiger partial charge in [-0.05, 0) is 37.3 Å². The van der Waals surface area contributed by atoms with E-state index >= 15 is 0 Å². The molecule has 0 radical (unpaired) electrons. The zero-order chi connectivity index (χ0) is 13.0. The highest BCUT2D eigenvalue weighted by Gasteiger charge is 2.36. The number of benzene rings is 1. The van der Waals surface area contributed by atoms with E-state index in [-0.39, 0.29) is 0 Å². The predicted octanol–water partition coefficient (Wildman–Crippen LogP) is 4.61. The molecule has 2 nitrogen and oxygen atoms in total. The van der Waals surface area contributed by atoms with Crippen LogP contribution in [-0.2, 0) is 0 Å². The second kappa shape index (κ2) is 5.63. The van der Waals surface area contributed by atoms with E-state index in [4.69, 9.17) is 11.6 Å². The lowest BCUT2D eigenvalue weighted by Crippen LogP contribution is -2.41. The number of anilines is 1. The van der Waals surface area contributed by atoms with Crippen LogP contribution in [0.1, 0.15) is 39.0 Å². The summed E-state index contributed by atoms with van der Waals surface area (Å²) < 4.78 is 0. The lowest BCUT2D eigenvalue weighted by molar-refractivity contribution is 0.283. The third-order valence-corrected chi connectivity index (χ3v) is 4.22. The van der Waals surface area contributed by atoms with Crippen molar-refractivity contribution in [2.24, 2.45) is 5.92 Å². The van der Waals surface area contributed by atoms with E-state index in [1.807, 2.05) is 24.3 Å². The van der Waals surface area contributed by atoms with Crippen molar-refractivity contribution in [3.63, 3.8) is 0 Å². The van der Waals surface area contributed by atoms with Gasteiger partial charge in [0.05, 0.1) is 16.8 Å². The Bertz CT molecular complexity index is 452. The normalized spacial score (nSPS) is 27.5. The van der Waals surface area contributed by atoms with Crippen molar-refractivity contribution >= 4 is 17.3 Å². The third kappa shape index (κ3) is 2.79. The standard InChI is InChI=1S/C15H19ClN2/c1-2-12-6-5-9-15(10-12,11-17)18-14-8-4-3-7-13(14)16/h3-4,7-8,12,18H,2,5-6,9-10H2,1H3. The fraction of sp³-hybridized carbons (Fsp3) is 0.533. The van der Waals surface area contributed by atoms with E-state index in [9.17, 15) is 5.26 Å². The fourth-order valence-electron chi connectivity index (χ4n) is 2.80. The van der Waals surface area contributed by atoms with E-state index in [1.165, 1.54) is 6.42 Å². The molecular formula is C15H19ClN2. The summed E-state index contributed by atoms with van der Waals surface area (Å²) in [6.45, 7) is 2.20. The highest BCUT2D eigenvalue weighted by Crippen LogP contribution is 2.37. The van der Waals surface area contributed by atoms with Crippen LogP contribution < -0.4 is 5.32 Å². The topological polar surface area (TPSA) is 35.8 Å². The molecule has 1 aromatic rings. The van der Waals surface area contributed by atoms with Crippen LogP contribution in [0.2, 0.25) is 5.02 Å². The quantitative estimate of drug-likeness (QED) is 0.863. The van der Waals surface area contributed by atoms with E-state index < -0.39 is 5.54 Å². The largest absolute Gasteiger partial charge is 0.366 e. The summed E-state index contributed by atoms with van der Waals surface area (Å²) >= 11 is 6.16. The van der Waals surface area contributed by atoms with Crippen LogP contribution in [0.4, 0.5) is 5.69 Å². The Morgan fingerprint density at radius 2 is 2.28 bits per heavy atom. The fourth-order valence-corrected chi connectivity index (χ4v) is 2.98. The van der Waals surface area contributed by atoms with Crippen molar-refractivity contribution in [2.45, 2.75) is 44.6 Å². The van der Waals surface area contributed by atoms with E-state index in [0.717, 1.165) is 31.4 Å². The van der Waals surface area contributed by atoms with Crippen LogP contribution in [0, 0.1) is 17.2 Å². The summed E-state index contributed by atoms with van der Waals surface area (Å²) in [7, 11) is 0. The molecule has 0 saturated heterocycles. The molecule has 1 N–H and O–H groups in total. The van der Waals surface area contributed by atoms with Crippen molar-refractivity contribution in [1.29, 1.82) is 5.26 Å². The number of hydrogen-bond acceptors (Lipinski definition) is 2. The second-order valence-corrected chi connectivity index (χ2v) is 5.58. The van der Waals surface area contributed by atoms with E-state index in [0.29, 0.717) is 10.9 Å². The van der Waals surface area contributed by atoms with Crippen LogP contribution in [0.25, 0.3) is 0 Å². The van der Waals surface area contributed by atoms with Gasteiger partial charge in [-0.3, -0.25) is 0 Å². The minimum Gasteiger partial charge on any atom is -0.366 e. The average Bonchev–Trinajstić information content (AvgIpc) is 2.42. The number of rotatable bonds is 3. The van der Waals surface area contributed by atoms with Crippen molar-refractivity contribution in [3.8, 4) is 6.07 Å². The number of para-hydroxylation sites is 1. The molecule has 0 heterocycles. The summed E-state index contributed by atoms with van der Waals surface area (Å²) in [6.07, 6.45) is 5.33. The Morgan fingerprint density at radius 1 is 1.50 bits per heavy atom. The molecule has 96 valence electrons. The maximum absolute atomic E-state index is 9.55. The van der Waals surface area contributed by atoms with Gasteiger partial charge in [0.1, 0.15) is 5.54 Å². The maximum atomic E-state index is 9.55. The number of nitriles is 1. The van der Waals surface area contributed by atoms with E-state index in [1.54, 1.807) is 0 Å². The van der Waals surface area contributed by atoms with Crippen LogP contribution >= 0.6 is 11.6 Å². The van der Waals surface area contributed by atoms with Crippen molar-refractivity contribution in [2.75, 3.05) is 5.32 Å². The second-order valence-electron chi connectivity index (χ2n) is 5.17. The first-order valence-electron chi connectivity index (χ1n) is 6.63. The predicted molar refractivity (Wildman–Crippen MR) is 75.7 cm³/mol. The minimum atomic E-state index is -0.441. The molecule has 2 rings (SSSR count). The van der Waals surface area contributed by atoms with Gasteiger partial charge in [0.25, 0.3) is 0 Å². The van der Waals surface area contributed by atoms with Gasteiger partial charge in [0, 0.05) is 0 Å². The number of hydrogen-bond donors (Lipinski definition) is 1. The van der Waals surface area contributed by atoms with Gasteiger partial charge in [-0.1, -0.05) is 43.5 Å². The first-order chi connectivity index (χ1) is 8.69. The maximum Gasteiger partial charge on any atom is 0.125 e. The third-order valence-electron chi connectivity index (χ3n) is 3.89. The molecule has 1 saturated carbocycles. The summed E-state index contributed by atoms with van der Waals surface area (Å²) in [6, 6.07) is 10.1. The number of nitrogens with zero attached hydrogens (tertiary/aromatic N) is 1. The molecule has 2 unspecified atom stereocenters. The van der Waals surface area contributed by atoms with Crippen molar-refractivity contribution in [1.82, 2.24) is 0 Å². The Labute approximate surface area is 114 Å². The first kappa shape index (κ1) is 13.2. The van der Waals surface area contributed by atoms with Gasteiger partial charge in [-0.15, -0.1) is 0 Å². The van der Waals surface area contributed by atoms with E-state index in [2.05, 4.69) is 18.3 Å². The zero-order valence-electron chi connectivity index (χ0n) is 10.7. The Hall–Kier alpha value is -1.20. The smallest absolute Gasteiger partial charge is 0.125 e. The molecule has 3 heteroatoms. The Kier molecular flexibility index (Phi) is 4.14. The molecule has 1 fully saturated rings. The van der Waals surface area contributed by atoms with Crippen LogP contribution in [0.3, 0.4) is 0 Å². The molecular weight excluding hydrogens is 244 g/mol. The van der Waals surface area contributed by atoms with Crippen molar-refractivity contribution < 1.29 is 0 Å². The van der Waals surface area contributed by atoms with Gasteiger partial charge in [0.2, 0.25) is 0 Å². The lowest BCUT2D eigenvalue weighted by atomic mass is 9.75. The zero-order valence-corrected chi connectivity index (χ0v) is 11.5.